The standard InChI is InChI=1S/C12H12INO2S/c1-9-3-5-11(6-4-9)17(15,16)14-8-10(2)7-12(14)13/h3-8H,1-2H3. The van der Waals surface area contributed by atoms with Crippen LogP contribution in [0.1, 0.15) is 11.1 Å². The molecular weight excluding hydrogens is 349 g/mol. The predicted molar refractivity (Wildman–Crippen MR) is 75.6 cm³/mol. The van der Waals surface area contributed by atoms with E-state index in [-0.39, 0.29) is 0 Å². The Bertz CT molecular complexity index is 642. The Morgan fingerprint density at radius 3 is 2.12 bits per heavy atom. The molecule has 3 nitrogen and oxygen atoms in total. The summed E-state index contributed by atoms with van der Waals surface area (Å²) < 4.78 is 26.7. The summed E-state index contributed by atoms with van der Waals surface area (Å²) in [6.45, 7) is 3.81. The van der Waals surface area contributed by atoms with Crippen LogP contribution in [-0.4, -0.2) is 12.4 Å². The van der Waals surface area contributed by atoms with Gasteiger partial charge in [0.05, 0.1) is 8.60 Å². The Labute approximate surface area is 115 Å². The van der Waals surface area contributed by atoms with Crippen molar-refractivity contribution in [1.29, 1.82) is 0 Å². The summed E-state index contributed by atoms with van der Waals surface area (Å²) >= 11 is 2.02. The molecule has 0 saturated carbocycles. The van der Waals surface area contributed by atoms with Gasteiger partial charge in [-0.2, -0.15) is 0 Å². The van der Waals surface area contributed by atoms with Crippen LogP contribution in [0.15, 0.2) is 41.4 Å². The van der Waals surface area contributed by atoms with Gasteiger partial charge in [-0.25, -0.2) is 12.4 Å². The lowest BCUT2D eigenvalue weighted by molar-refractivity contribution is 0.586. The molecule has 0 aliphatic rings. The van der Waals surface area contributed by atoms with Crippen LogP contribution in [0.3, 0.4) is 0 Å². The molecule has 0 aliphatic heterocycles. The molecule has 1 aromatic carbocycles. The van der Waals surface area contributed by atoms with Gasteiger partial charge in [0.15, 0.2) is 0 Å². The molecule has 0 atom stereocenters. The number of hydrogen-bond acceptors (Lipinski definition) is 2. The highest BCUT2D eigenvalue weighted by Crippen LogP contribution is 2.20. The molecule has 0 aliphatic carbocycles. The summed E-state index contributed by atoms with van der Waals surface area (Å²) in [4.78, 5) is 0.316. The first-order valence-electron chi connectivity index (χ1n) is 5.08. The van der Waals surface area contributed by atoms with Crippen LogP contribution in [-0.2, 0) is 10.0 Å². The average molecular weight is 361 g/mol. The largest absolute Gasteiger partial charge is 0.268 e. The van der Waals surface area contributed by atoms with Gasteiger partial charge in [0.25, 0.3) is 10.0 Å². The van der Waals surface area contributed by atoms with Crippen molar-refractivity contribution in [3.63, 3.8) is 0 Å². The highest BCUT2D eigenvalue weighted by Gasteiger charge is 2.18. The zero-order valence-corrected chi connectivity index (χ0v) is 12.5. The monoisotopic (exact) mass is 361 g/mol. The van der Waals surface area contributed by atoms with Crippen LogP contribution >= 0.6 is 22.6 Å². The minimum Gasteiger partial charge on any atom is -0.236 e. The van der Waals surface area contributed by atoms with Crippen LogP contribution in [0.25, 0.3) is 0 Å². The van der Waals surface area contributed by atoms with Gasteiger partial charge in [-0.3, -0.25) is 0 Å². The van der Waals surface area contributed by atoms with E-state index in [1.54, 1.807) is 30.5 Å². The Hall–Kier alpha value is -0.820. The van der Waals surface area contributed by atoms with E-state index in [1.165, 1.54) is 3.97 Å². The van der Waals surface area contributed by atoms with Crippen molar-refractivity contribution in [3.05, 3.63) is 51.4 Å². The molecule has 0 radical (unpaired) electrons. The molecule has 2 rings (SSSR count). The predicted octanol–water partition coefficient (Wildman–Crippen LogP) is 2.95. The van der Waals surface area contributed by atoms with Gasteiger partial charge in [-0.1, -0.05) is 17.7 Å². The molecule has 0 spiro atoms. The first-order chi connectivity index (χ1) is 7.91. The zero-order valence-electron chi connectivity index (χ0n) is 9.51. The third-order valence-corrected chi connectivity index (χ3v) is 5.30. The summed E-state index contributed by atoms with van der Waals surface area (Å²) in [5.41, 5.74) is 1.98. The zero-order chi connectivity index (χ0) is 12.6. The SMILES string of the molecule is Cc1ccc(S(=O)(=O)n2cc(C)cc2I)cc1. The lowest BCUT2D eigenvalue weighted by Gasteiger charge is -2.07. The molecule has 90 valence electrons. The third-order valence-electron chi connectivity index (χ3n) is 2.46. The number of benzene rings is 1. The van der Waals surface area contributed by atoms with Crippen molar-refractivity contribution in [2.75, 3.05) is 0 Å². The quantitative estimate of drug-likeness (QED) is 0.772. The number of halogens is 1. The second-order valence-electron chi connectivity index (χ2n) is 3.95. The number of hydrogen-bond donors (Lipinski definition) is 0. The van der Waals surface area contributed by atoms with Gasteiger partial charge in [-0.05, 0) is 60.2 Å². The Kier molecular flexibility index (Phi) is 3.31. The van der Waals surface area contributed by atoms with E-state index in [1.807, 2.05) is 42.5 Å². The van der Waals surface area contributed by atoms with Crippen molar-refractivity contribution in [3.8, 4) is 0 Å². The van der Waals surface area contributed by atoms with Crippen molar-refractivity contribution in [1.82, 2.24) is 3.97 Å². The molecule has 17 heavy (non-hydrogen) atoms. The molecule has 5 heteroatoms. The average Bonchev–Trinajstić information content (AvgIpc) is 2.59. The topological polar surface area (TPSA) is 39.1 Å². The van der Waals surface area contributed by atoms with Crippen molar-refractivity contribution in [2.24, 2.45) is 0 Å². The third kappa shape index (κ3) is 2.40. The highest BCUT2D eigenvalue weighted by atomic mass is 127. The van der Waals surface area contributed by atoms with E-state index < -0.39 is 10.0 Å². The summed E-state index contributed by atoms with van der Waals surface area (Å²) in [6, 6.07) is 8.71. The summed E-state index contributed by atoms with van der Waals surface area (Å²) in [5.74, 6) is 0. The van der Waals surface area contributed by atoms with Gasteiger partial charge in [0.2, 0.25) is 0 Å². The van der Waals surface area contributed by atoms with Crippen LogP contribution in [0.2, 0.25) is 0 Å². The van der Waals surface area contributed by atoms with Gasteiger partial charge in [0, 0.05) is 6.20 Å². The van der Waals surface area contributed by atoms with Crippen LogP contribution < -0.4 is 0 Å². The van der Waals surface area contributed by atoms with Crippen molar-refractivity contribution in [2.45, 2.75) is 18.7 Å². The van der Waals surface area contributed by atoms with E-state index in [9.17, 15) is 8.42 Å². The van der Waals surface area contributed by atoms with E-state index in [2.05, 4.69) is 0 Å². The van der Waals surface area contributed by atoms with Crippen molar-refractivity contribution < 1.29 is 8.42 Å². The maximum atomic E-state index is 12.3. The number of nitrogens with zero attached hydrogens (tertiary/aromatic N) is 1. The van der Waals surface area contributed by atoms with Gasteiger partial charge in [-0.15, -0.1) is 0 Å². The van der Waals surface area contributed by atoms with E-state index in [0.29, 0.717) is 8.60 Å². The molecule has 1 heterocycles. The maximum absolute atomic E-state index is 12.3. The van der Waals surface area contributed by atoms with E-state index >= 15 is 0 Å². The molecule has 0 saturated heterocycles. The maximum Gasteiger partial charge on any atom is 0.268 e. The molecule has 0 N–H and O–H groups in total. The van der Waals surface area contributed by atoms with Gasteiger partial charge < -0.3 is 0 Å². The Morgan fingerprint density at radius 1 is 1.06 bits per heavy atom. The normalized spacial score (nSPS) is 11.7. The molecular formula is C12H12INO2S. The Morgan fingerprint density at radius 2 is 1.65 bits per heavy atom. The first kappa shape index (κ1) is 12.6. The fourth-order valence-electron chi connectivity index (χ4n) is 1.54. The lowest BCUT2D eigenvalue weighted by atomic mass is 10.2. The number of aryl methyl sites for hydroxylation is 2. The molecule has 0 amide bonds. The molecule has 0 fully saturated rings. The first-order valence-corrected chi connectivity index (χ1v) is 7.60. The van der Waals surface area contributed by atoms with Crippen LogP contribution in [0.4, 0.5) is 0 Å². The minimum absolute atomic E-state index is 0.316. The summed E-state index contributed by atoms with van der Waals surface area (Å²) in [7, 11) is -3.46. The van der Waals surface area contributed by atoms with E-state index in [4.69, 9.17) is 0 Å². The smallest absolute Gasteiger partial charge is 0.236 e. The number of aromatic nitrogens is 1. The van der Waals surface area contributed by atoms with Crippen LogP contribution in [0.5, 0.6) is 0 Å². The lowest BCUT2D eigenvalue weighted by Crippen LogP contribution is -2.13. The number of rotatable bonds is 2. The molecule has 0 unspecified atom stereocenters. The highest BCUT2D eigenvalue weighted by molar-refractivity contribution is 14.1. The fourth-order valence-corrected chi connectivity index (χ4v) is 4.25. The summed E-state index contributed by atoms with van der Waals surface area (Å²) in [6.07, 6.45) is 1.64. The Balaban J connectivity index is 2.57. The van der Waals surface area contributed by atoms with E-state index in [0.717, 1.165) is 11.1 Å². The fraction of sp³-hybridized carbons (Fsp3) is 0.167. The molecule has 2 aromatic rings. The van der Waals surface area contributed by atoms with Crippen LogP contribution in [0, 0.1) is 17.5 Å². The van der Waals surface area contributed by atoms with Crippen molar-refractivity contribution >= 4 is 32.6 Å². The second-order valence-corrected chi connectivity index (χ2v) is 6.87. The van der Waals surface area contributed by atoms with Gasteiger partial charge >= 0.3 is 0 Å². The minimum atomic E-state index is -3.46. The molecule has 0 bridgehead atoms. The van der Waals surface area contributed by atoms with Gasteiger partial charge in [0.1, 0.15) is 0 Å². The molecule has 1 aromatic heterocycles. The summed E-state index contributed by atoms with van der Waals surface area (Å²) in [5, 5.41) is 0. The second kappa shape index (κ2) is 4.45.